The minimum Gasteiger partial charge on any atom is -0.357 e. The summed E-state index contributed by atoms with van der Waals surface area (Å²) in [5, 5.41) is 11.0. The molecule has 3 N–H and O–H groups in total. The first kappa shape index (κ1) is 32.6. The summed E-state index contributed by atoms with van der Waals surface area (Å²) in [6.07, 6.45) is 7.76. The van der Waals surface area contributed by atoms with Gasteiger partial charge in [-0.1, -0.05) is 19.9 Å². The lowest BCUT2D eigenvalue weighted by atomic mass is 9.76. The van der Waals surface area contributed by atoms with Gasteiger partial charge in [0.15, 0.2) is 0 Å². The summed E-state index contributed by atoms with van der Waals surface area (Å²) < 4.78 is 15.4. The fraction of sp³-hybridized carbons (Fsp3) is 0.500. The number of piperidine rings is 2. The Hall–Kier alpha value is -4.58. The average Bonchev–Trinajstić information content (AvgIpc) is 3.71. The van der Waals surface area contributed by atoms with Crippen molar-refractivity contribution in [1.29, 1.82) is 0 Å². The van der Waals surface area contributed by atoms with Crippen molar-refractivity contribution < 1.29 is 18.8 Å². The van der Waals surface area contributed by atoms with Crippen LogP contribution in [0.5, 0.6) is 0 Å². The number of imide groups is 1. The number of carbonyl (C=O) groups is 3. The van der Waals surface area contributed by atoms with E-state index in [1.165, 1.54) is 17.3 Å². The highest BCUT2D eigenvalue weighted by atomic mass is 19.1. The fourth-order valence-corrected chi connectivity index (χ4v) is 8.33. The van der Waals surface area contributed by atoms with Gasteiger partial charge in [-0.3, -0.25) is 29.7 Å². The summed E-state index contributed by atoms with van der Waals surface area (Å²) in [6, 6.07) is 9.01. The van der Waals surface area contributed by atoms with Gasteiger partial charge in [-0.05, 0) is 79.7 Å². The van der Waals surface area contributed by atoms with Gasteiger partial charge in [-0.2, -0.15) is 5.10 Å². The highest BCUT2D eigenvalue weighted by Crippen LogP contribution is 2.38. The van der Waals surface area contributed by atoms with Gasteiger partial charge in [0.2, 0.25) is 11.8 Å². The minimum atomic E-state index is -0.492. The van der Waals surface area contributed by atoms with Crippen LogP contribution in [0.3, 0.4) is 0 Å². The predicted octanol–water partition coefficient (Wildman–Crippen LogP) is 4.80. The van der Waals surface area contributed by atoms with Crippen molar-refractivity contribution in [3.05, 3.63) is 64.7 Å². The molecule has 1 unspecified atom stereocenters. The molecule has 0 bridgehead atoms. The number of carbonyl (C=O) groups excluding carboxylic acids is 3. The maximum atomic E-state index is 15.4. The number of aromatic amines is 2. The van der Waals surface area contributed by atoms with Crippen molar-refractivity contribution in [2.75, 3.05) is 50.7 Å². The molecule has 6 heterocycles. The number of hydrogen-bond acceptors (Lipinski definition) is 7. The van der Waals surface area contributed by atoms with Gasteiger partial charge in [0.25, 0.3) is 5.91 Å². The third-order valence-corrected chi connectivity index (χ3v) is 11.4. The van der Waals surface area contributed by atoms with Crippen molar-refractivity contribution in [3.63, 3.8) is 0 Å². The summed E-state index contributed by atoms with van der Waals surface area (Å²) in [5.74, 6) is -0.0533. The Balaban J connectivity index is 0.836. The zero-order chi connectivity index (χ0) is 34.6. The zero-order valence-corrected chi connectivity index (χ0v) is 28.9. The molecule has 1 aliphatic carbocycles. The van der Waals surface area contributed by atoms with Crippen LogP contribution in [0.2, 0.25) is 0 Å². The second kappa shape index (κ2) is 12.9. The van der Waals surface area contributed by atoms with Gasteiger partial charge < -0.3 is 14.8 Å². The molecule has 11 nitrogen and oxygen atoms in total. The van der Waals surface area contributed by atoms with Crippen LogP contribution in [-0.2, 0) is 22.4 Å². The highest BCUT2D eigenvalue weighted by molar-refractivity contribution is 6.01. The molecule has 1 aromatic carbocycles. The van der Waals surface area contributed by atoms with Crippen molar-refractivity contribution in [1.82, 2.24) is 35.3 Å². The van der Waals surface area contributed by atoms with E-state index in [-0.39, 0.29) is 34.6 Å². The molecule has 50 heavy (non-hydrogen) atoms. The Bertz CT molecular complexity index is 1930. The lowest BCUT2D eigenvalue weighted by molar-refractivity contribution is -0.134. The van der Waals surface area contributed by atoms with E-state index >= 15 is 4.39 Å². The Morgan fingerprint density at radius 3 is 2.54 bits per heavy atom. The predicted molar refractivity (Wildman–Crippen MR) is 188 cm³/mol. The molecule has 3 fully saturated rings. The number of amides is 3. The number of benzene rings is 1. The van der Waals surface area contributed by atoms with E-state index in [9.17, 15) is 14.4 Å². The summed E-state index contributed by atoms with van der Waals surface area (Å²) >= 11 is 0. The van der Waals surface area contributed by atoms with Crippen LogP contribution in [0.4, 0.5) is 10.2 Å². The molecule has 3 aliphatic heterocycles. The molecular formula is C38H45FN8O3. The SMILES string of the molecule is CC1(C)CCc2c(-c3cc4cc(F)c(C(=O)N5CCN(CC6CCN(c7ccc(C8CCC(=O)NC8=O)cn7)CC6)CC5)cc4[nH]3)n[nH]c2C1. The summed E-state index contributed by atoms with van der Waals surface area (Å²) in [5.41, 5.74) is 6.08. The number of nitrogens with one attached hydrogen (secondary N) is 3. The number of halogens is 1. The highest BCUT2D eigenvalue weighted by Gasteiger charge is 2.32. The van der Waals surface area contributed by atoms with Crippen LogP contribution in [0.1, 0.15) is 79.0 Å². The van der Waals surface area contributed by atoms with Crippen LogP contribution >= 0.6 is 0 Å². The van der Waals surface area contributed by atoms with Crippen LogP contribution in [0.25, 0.3) is 22.3 Å². The van der Waals surface area contributed by atoms with Crippen LogP contribution in [-0.4, -0.2) is 93.5 Å². The second-order valence-electron chi connectivity index (χ2n) is 15.4. The number of hydrogen-bond donors (Lipinski definition) is 3. The molecule has 1 atom stereocenters. The zero-order valence-electron chi connectivity index (χ0n) is 28.9. The molecule has 12 heteroatoms. The van der Waals surface area contributed by atoms with Gasteiger partial charge >= 0.3 is 0 Å². The van der Waals surface area contributed by atoms with Crippen molar-refractivity contribution in [2.45, 2.75) is 64.7 Å². The standard InChI is InChI=1S/C38H45FN8O3/c1-38(2)10-7-27-32(20-38)43-44-35(27)31-18-25-17-29(39)28(19-30(25)41-31)37(50)47-15-13-45(14-16-47)22-23-8-11-46(12-9-23)33-5-3-24(21-40-33)26-4-6-34(48)42-36(26)49/h3,5,17-19,21,23,26,41H,4,6-16,20,22H2,1-2H3,(H,43,44)(H,42,48,49). The lowest BCUT2D eigenvalue weighted by Gasteiger charge is -2.39. The van der Waals surface area contributed by atoms with E-state index < -0.39 is 5.82 Å². The average molecular weight is 681 g/mol. The third kappa shape index (κ3) is 6.41. The Morgan fingerprint density at radius 2 is 1.80 bits per heavy atom. The first-order valence-electron chi connectivity index (χ1n) is 18.1. The van der Waals surface area contributed by atoms with E-state index in [1.807, 2.05) is 18.2 Å². The lowest BCUT2D eigenvalue weighted by Crippen LogP contribution is -2.50. The van der Waals surface area contributed by atoms with Gasteiger partial charge in [0.05, 0.1) is 17.2 Å². The second-order valence-corrected chi connectivity index (χ2v) is 15.4. The monoisotopic (exact) mass is 680 g/mol. The Morgan fingerprint density at radius 1 is 1.00 bits per heavy atom. The maximum absolute atomic E-state index is 15.4. The first-order chi connectivity index (χ1) is 24.1. The van der Waals surface area contributed by atoms with E-state index in [1.54, 1.807) is 17.2 Å². The van der Waals surface area contributed by atoms with Crippen molar-refractivity contribution in [2.24, 2.45) is 11.3 Å². The van der Waals surface area contributed by atoms with Gasteiger partial charge in [-0.25, -0.2) is 9.37 Å². The number of fused-ring (bicyclic) bond motifs is 2. The molecule has 262 valence electrons. The van der Waals surface area contributed by atoms with Crippen LogP contribution < -0.4 is 10.2 Å². The van der Waals surface area contributed by atoms with Gasteiger partial charge in [-0.15, -0.1) is 0 Å². The maximum Gasteiger partial charge on any atom is 0.256 e. The number of rotatable bonds is 6. The molecule has 0 saturated carbocycles. The topological polar surface area (TPSA) is 130 Å². The summed E-state index contributed by atoms with van der Waals surface area (Å²) in [6.45, 7) is 10.1. The number of aromatic nitrogens is 4. The van der Waals surface area contributed by atoms with E-state index in [0.29, 0.717) is 31.8 Å². The molecule has 4 aliphatic rings. The van der Waals surface area contributed by atoms with E-state index in [2.05, 4.69) is 49.1 Å². The van der Waals surface area contributed by atoms with E-state index in [0.717, 1.165) is 98.5 Å². The number of anilines is 1. The van der Waals surface area contributed by atoms with Crippen molar-refractivity contribution >= 4 is 34.4 Å². The number of H-pyrrole nitrogens is 2. The largest absolute Gasteiger partial charge is 0.357 e. The molecule has 3 aromatic heterocycles. The summed E-state index contributed by atoms with van der Waals surface area (Å²) in [4.78, 5) is 51.9. The molecule has 8 rings (SSSR count). The Kier molecular flexibility index (Phi) is 8.45. The fourth-order valence-electron chi connectivity index (χ4n) is 8.33. The summed E-state index contributed by atoms with van der Waals surface area (Å²) in [7, 11) is 0. The molecule has 4 aromatic rings. The molecule has 3 saturated heterocycles. The molecular weight excluding hydrogens is 635 g/mol. The Labute approximate surface area is 291 Å². The smallest absolute Gasteiger partial charge is 0.256 e. The number of piperazine rings is 1. The van der Waals surface area contributed by atoms with Gasteiger partial charge in [0, 0.05) is 80.6 Å². The number of nitrogens with zero attached hydrogens (tertiary/aromatic N) is 5. The normalized spacial score (nSPS) is 21.8. The minimum absolute atomic E-state index is 0.108. The third-order valence-electron chi connectivity index (χ3n) is 11.4. The van der Waals surface area contributed by atoms with Crippen LogP contribution in [0.15, 0.2) is 36.5 Å². The molecule has 0 radical (unpaired) electrons. The van der Waals surface area contributed by atoms with Gasteiger partial charge in [0.1, 0.15) is 17.3 Å². The van der Waals surface area contributed by atoms with Crippen LogP contribution in [0, 0.1) is 17.2 Å². The molecule has 0 spiro atoms. The van der Waals surface area contributed by atoms with Crippen molar-refractivity contribution in [3.8, 4) is 11.4 Å². The first-order valence-corrected chi connectivity index (χ1v) is 18.1. The number of pyridine rings is 1. The quantitative estimate of drug-likeness (QED) is 0.250. The molecule has 3 amide bonds. The van der Waals surface area contributed by atoms with E-state index in [4.69, 9.17) is 0 Å².